The second-order valence-corrected chi connectivity index (χ2v) is 11.8. The Balaban J connectivity index is 1.42. The van der Waals surface area contributed by atoms with Crippen molar-refractivity contribution in [3.8, 4) is 23.1 Å². The van der Waals surface area contributed by atoms with Crippen LogP contribution < -0.4 is 15.8 Å². The number of hydrogen-bond acceptors (Lipinski definition) is 10. The van der Waals surface area contributed by atoms with Crippen LogP contribution in [0.5, 0.6) is 5.88 Å². The van der Waals surface area contributed by atoms with Crippen molar-refractivity contribution in [3.63, 3.8) is 0 Å². The predicted molar refractivity (Wildman–Crippen MR) is 174 cm³/mol. The summed E-state index contributed by atoms with van der Waals surface area (Å²) in [6.07, 6.45) is 3.86. The summed E-state index contributed by atoms with van der Waals surface area (Å²) in [6, 6.07) is 14.3. The number of nitrogens with one attached hydrogen (secondary N) is 1. The highest BCUT2D eigenvalue weighted by atomic mass is 16.5. The second-order valence-electron chi connectivity index (χ2n) is 11.8. The average molecular weight is 635 g/mol. The molecule has 0 saturated carbocycles. The summed E-state index contributed by atoms with van der Waals surface area (Å²) in [5.74, 6) is -0.498. The van der Waals surface area contributed by atoms with Gasteiger partial charge >= 0.3 is 5.97 Å². The Bertz CT molecular complexity index is 1980. The Morgan fingerprint density at radius 2 is 2.00 bits per heavy atom. The summed E-state index contributed by atoms with van der Waals surface area (Å²) in [6.45, 7) is 2.23. The topological polar surface area (TPSA) is 174 Å². The molecule has 0 spiro atoms. The van der Waals surface area contributed by atoms with Gasteiger partial charge in [0.1, 0.15) is 0 Å². The van der Waals surface area contributed by atoms with Gasteiger partial charge < -0.3 is 29.9 Å². The Hall–Kier alpha value is -5.70. The van der Waals surface area contributed by atoms with Crippen molar-refractivity contribution >= 4 is 45.8 Å². The van der Waals surface area contributed by atoms with Gasteiger partial charge in [-0.1, -0.05) is 30.6 Å². The van der Waals surface area contributed by atoms with E-state index in [0.29, 0.717) is 82.7 Å². The summed E-state index contributed by atoms with van der Waals surface area (Å²) in [7, 11) is 2.86. The Morgan fingerprint density at radius 3 is 2.74 bits per heavy atom. The number of hydrogen-bond donors (Lipinski definition) is 2. The summed E-state index contributed by atoms with van der Waals surface area (Å²) >= 11 is 0. The molecular formula is C35H34N6O6. The first kappa shape index (κ1) is 31.3. The average Bonchev–Trinajstić information content (AvgIpc) is 3.45. The smallest absolute Gasteiger partial charge is 0.309 e. The molecule has 47 heavy (non-hydrogen) atoms. The molecule has 0 radical (unpaired) electrons. The molecule has 12 heteroatoms. The molecule has 2 aromatic carbocycles. The van der Waals surface area contributed by atoms with Crippen LogP contribution in [0.15, 0.2) is 53.1 Å². The zero-order chi connectivity index (χ0) is 33.2. The summed E-state index contributed by atoms with van der Waals surface area (Å²) in [5.41, 5.74) is 11.3. The molecule has 2 atom stereocenters. The largest absolute Gasteiger partial charge is 0.481 e. The van der Waals surface area contributed by atoms with Gasteiger partial charge in [-0.05, 0) is 60.2 Å². The number of carbonyl (C=O) groups excluding carboxylic acids is 3. The van der Waals surface area contributed by atoms with Crippen LogP contribution in [-0.4, -0.2) is 53.6 Å². The van der Waals surface area contributed by atoms with E-state index in [1.54, 1.807) is 35.2 Å². The maximum atomic E-state index is 13.9. The quantitative estimate of drug-likeness (QED) is 0.278. The number of carbonyl (C=O) groups is 3. The predicted octanol–water partition coefficient (Wildman–Crippen LogP) is 5.18. The van der Waals surface area contributed by atoms with Gasteiger partial charge in [0.05, 0.1) is 49.4 Å². The van der Waals surface area contributed by atoms with Gasteiger partial charge in [0.15, 0.2) is 11.4 Å². The third kappa shape index (κ3) is 6.12. The molecule has 4 aromatic rings. The number of nitrogens with zero attached hydrogens (tertiary/aromatic N) is 4. The first-order valence-electron chi connectivity index (χ1n) is 15.4. The van der Waals surface area contributed by atoms with Gasteiger partial charge in [0, 0.05) is 41.4 Å². The zero-order valence-corrected chi connectivity index (χ0v) is 26.3. The van der Waals surface area contributed by atoms with E-state index >= 15 is 0 Å². The van der Waals surface area contributed by atoms with Gasteiger partial charge in [0.25, 0.3) is 0 Å². The molecule has 2 aliphatic heterocycles. The second kappa shape index (κ2) is 13.0. The standard InChI is InChI=1S/C35H34N6O6/c1-19-5-4-6-28(41-12-11-21(17-30(41)42)32-22(18-36)8-10-25-33(32)47-40-34(25)37)27-15-23(16-29(38-27)45-2)24-9-7-20(14-31(43)46-3)13-26(24)39-35(19)44/h7-10,13,15-17,19,28H,4-6,11-12,14H2,1-3H3,(H2,37,40)(H,39,44)/t19-,28+/m1/s1. The molecule has 12 nitrogen and oxygen atoms in total. The third-order valence-electron chi connectivity index (χ3n) is 8.85. The number of nitriles is 1. The molecule has 2 aromatic heterocycles. The number of fused-ring (bicyclic) bond motifs is 5. The number of anilines is 2. The van der Waals surface area contributed by atoms with E-state index in [-0.39, 0.29) is 35.9 Å². The molecule has 0 aliphatic carbocycles. The number of benzene rings is 2. The van der Waals surface area contributed by atoms with E-state index in [1.807, 2.05) is 25.1 Å². The molecule has 4 heterocycles. The van der Waals surface area contributed by atoms with E-state index in [4.69, 9.17) is 24.7 Å². The van der Waals surface area contributed by atoms with Crippen LogP contribution in [0.1, 0.15) is 61.0 Å². The number of nitrogen functional groups attached to an aromatic ring is 1. The molecule has 2 bridgehead atoms. The van der Waals surface area contributed by atoms with Crippen LogP contribution in [0, 0.1) is 17.2 Å². The van der Waals surface area contributed by atoms with Crippen LogP contribution in [0.3, 0.4) is 0 Å². The van der Waals surface area contributed by atoms with Crippen molar-refractivity contribution < 1.29 is 28.4 Å². The molecule has 0 fully saturated rings. The molecule has 0 unspecified atom stereocenters. The van der Waals surface area contributed by atoms with Crippen molar-refractivity contribution in [3.05, 3.63) is 70.9 Å². The number of aromatic nitrogens is 2. The lowest BCUT2D eigenvalue weighted by Crippen LogP contribution is -2.38. The fourth-order valence-corrected chi connectivity index (χ4v) is 6.32. The number of esters is 1. The van der Waals surface area contributed by atoms with Gasteiger partial charge in [0.2, 0.25) is 17.7 Å². The Kier molecular flexibility index (Phi) is 8.63. The maximum absolute atomic E-state index is 13.9. The lowest BCUT2D eigenvalue weighted by Gasteiger charge is -2.35. The zero-order valence-electron chi connectivity index (χ0n) is 26.3. The molecule has 6 rings (SSSR count). The molecule has 240 valence electrons. The van der Waals surface area contributed by atoms with E-state index in [9.17, 15) is 19.6 Å². The SMILES string of the molecule is COC(=O)Cc1ccc2c(c1)NC(=O)[C@H](C)CCC[C@H](N1CCC(c3c(C#N)ccc4c(N)noc34)=CC1=O)c1cc-2cc(OC)n1. The van der Waals surface area contributed by atoms with Gasteiger partial charge in [-0.25, -0.2) is 4.98 Å². The van der Waals surface area contributed by atoms with Crippen molar-refractivity contribution in [2.45, 2.75) is 45.1 Å². The van der Waals surface area contributed by atoms with E-state index in [2.05, 4.69) is 16.5 Å². The summed E-state index contributed by atoms with van der Waals surface area (Å²) in [4.78, 5) is 45.9. The Morgan fingerprint density at radius 1 is 1.17 bits per heavy atom. The fourth-order valence-electron chi connectivity index (χ4n) is 6.32. The fraction of sp³-hybridized carbons (Fsp3) is 0.314. The summed E-state index contributed by atoms with van der Waals surface area (Å²) < 4.78 is 15.9. The van der Waals surface area contributed by atoms with Crippen LogP contribution in [0.25, 0.3) is 27.7 Å². The van der Waals surface area contributed by atoms with Crippen LogP contribution in [-0.2, 0) is 25.5 Å². The number of amides is 2. The van der Waals surface area contributed by atoms with Crippen molar-refractivity contribution in [1.82, 2.24) is 15.0 Å². The molecule has 2 amide bonds. The highest BCUT2D eigenvalue weighted by Crippen LogP contribution is 2.40. The lowest BCUT2D eigenvalue weighted by molar-refractivity contribution is -0.139. The van der Waals surface area contributed by atoms with Gasteiger partial charge in [-0.3, -0.25) is 14.4 Å². The monoisotopic (exact) mass is 634 g/mol. The van der Waals surface area contributed by atoms with Crippen molar-refractivity contribution in [2.24, 2.45) is 5.92 Å². The van der Waals surface area contributed by atoms with Crippen molar-refractivity contribution in [2.75, 3.05) is 31.8 Å². The normalized spacial score (nSPS) is 18.3. The molecule has 2 aliphatic rings. The van der Waals surface area contributed by atoms with E-state index in [0.717, 1.165) is 11.1 Å². The molecule has 3 N–H and O–H groups in total. The third-order valence-corrected chi connectivity index (χ3v) is 8.85. The van der Waals surface area contributed by atoms with E-state index < -0.39 is 6.04 Å². The number of rotatable bonds is 5. The minimum Gasteiger partial charge on any atom is -0.481 e. The molecular weight excluding hydrogens is 600 g/mol. The van der Waals surface area contributed by atoms with Crippen LogP contribution in [0.2, 0.25) is 0 Å². The lowest BCUT2D eigenvalue weighted by atomic mass is 9.91. The van der Waals surface area contributed by atoms with E-state index in [1.165, 1.54) is 14.2 Å². The maximum Gasteiger partial charge on any atom is 0.309 e. The first-order chi connectivity index (χ1) is 22.7. The first-order valence-corrected chi connectivity index (χ1v) is 15.4. The van der Waals surface area contributed by atoms with Gasteiger partial charge in [-0.15, -0.1) is 0 Å². The van der Waals surface area contributed by atoms with Crippen LogP contribution in [0.4, 0.5) is 11.5 Å². The van der Waals surface area contributed by atoms with Crippen LogP contribution >= 0.6 is 0 Å². The highest BCUT2D eigenvalue weighted by molar-refractivity contribution is 6.04. The number of nitrogens with two attached hydrogens (primary N) is 1. The molecule has 0 saturated heterocycles. The van der Waals surface area contributed by atoms with Crippen molar-refractivity contribution in [1.29, 1.82) is 5.26 Å². The summed E-state index contributed by atoms with van der Waals surface area (Å²) in [5, 5.41) is 17.4. The minimum atomic E-state index is -0.418. The minimum absolute atomic E-state index is 0.0585. The number of pyridine rings is 1. The number of ether oxygens (including phenoxy) is 2. The Labute approximate surface area is 271 Å². The highest BCUT2D eigenvalue weighted by Gasteiger charge is 2.32. The number of methoxy groups -OCH3 is 2. The van der Waals surface area contributed by atoms with Gasteiger partial charge in [-0.2, -0.15) is 5.26 Å².